The van der Waals surface area contributed by atoms with Crippen molar-refractivity contribution in [1.82, 2.24) is 5.32 Å². The normalized spacial score (nSPS) is 11.2. The molecule has 0 bridgehead atoms. The van der Waals surface area contributed by atoms with Crippen LogP contribution in [-0.2, 0) is 14.8 Å². The van der Waals surface area contributed by atoms with Crippen LogP contribution in [-0.4, -0.2) is 34.6 Å². The highest BCUT2D eigenvalue weighted by atomic mass is 79.9. The van der Waals surface area contributed by atoms with Crippen molar-refractivity contribution < 1.29 is 17.9 Å². The van der Waals surface area contributed by atoms with E-state index < -0.39 is 10.0 Å². The lowest BCUT2D eigenvalue weighted by Gasteiger charge is -2.12. The molecule has 1 amide bonds. The number of ether oxygens (including phenoxy) is 1. The van der Waals surface area contributed by atoms with Crippen molar-refractivity contribution in [2.24, 2.45) is 0 Å². The molecule has 0 unspecified atom stereocenters. The van der Waals surface area contributed by atoms with Gasteiger partial charge in [-0.05, 0) is 52.7 Å². The minimum atomic E-state index is -3.82. The van der Waals surface area contributed by atoms with Gasteiger partial charge in [-0.3, -0.25) is 9.52 Å². The zero-order valence-corrected chi connectivity index (χ0v) is 16.3. The first-order valence-corrected chi connectivity index (χ1v) is 9.78. The molecule has 0 aliphatic rings. The number of para-hydroxylation sites is 1. The number of hydrogen-bond donors (Lipinski definition) is 2. The molecule has 8 heteroatoms. The van der Waals surface area contributed by atoms with Crippen molar-refractivity contribution in [2.45, 2.75) is 11.8 Å². The Kier molecular flexibility index (Phi) is 6.57. The molecule has 0 aromatic heterocycles. The Balaban J connectivity index is 2.28. The van der Waals surface area contributed by atoms with Crippen LogP contribution in [0.1, 0.15) is 15.9 Å². The maximum Gasteiger partial charge on any atom is 0.261 e. The van der Waals surface area contributed by atoms with Crippen molar-refractivity contribution in [2.75, 3.05) is 25.0 Å². The lowest BCUT2D eigenvalue weighted by Crippen LogP contribution is -2.28. The summed E-state index contributed by atoms with van der Waals surface area (Å²) < 4.78 is 33.3. The Bertz CT molecular complexity index is 869. The van der Waals surface area contributed by atoms with E-state index in [1.54, 1.807) is 37.3 Å². The van der Waals surface area contributed by atoms with Crippen LogP contribution in [0.2, 0.25) is 0 Å². The molecule has 0 atom stereocenters. The molecule has 2 aromatic carbocycles. The summed E-state index contributed by atoms with van der Waals surface area (Å²) in [5.41, 5.74) is 1.43. The number of sulfonamides is 1. The van der Waals surface area contributed by atoms with Gasteiger partial charge in [0.2, 0.25) is 0 Å². The summed E-state index contributed by atoms with van der Waals surface area (Å²) in [6.07, 6.45) is 0. The van der Waals surface area contributed by atoms with Crippen LogP contribution in [0.3, 0.4) is 0 Å². The lowest BCUT2D eigenvalue weighted by atomic mass is 10.1. The molecule has 25 heavy (non-hydrogen) atoms. The van der Waals surface area contributed by atoms with E-state index in [9.17, 15) is 13.2 Å². The first-order valence-electron chi connectivity index (χ1n) is 7.50. The third kappa shape index (κ3) is 5.04. The van der Waals surface area contributed by atoms with Crippen LogP contribution < -0.4 is 10.0 Å². The molecule has 0 saturated carbocycles. The fraction of sp³-hybridized carbons (Fsp3) is 0.235. The van der Waals surface area contributed by atoms with Crippen molar-refractivity contribution in [1.29, 1.82) is 0 Å². The first-order chi connectivity index (χ1) is 11.8. The summed E-state index contributed by atoms with van der Waals surface area (Å²) in [6.45, 7) is 2.48. The Morgan fingerprint density at radius 3 is 2.60 bits per heavy atom. The largest absolute Gasteiger partial charge is 0.383 e. The van der Waals surface area contributed by atoms with Crippen LogP contribution in [0, 0.1) is 6.92 Å². The smallest absolute Gasteiger partial charge is 0.261 e. The summed E-state index contributed by atoms with van der Waals surface area (Å²) in [6, 6.07) is 11.4. The van der Waals surface area contributed by atoms with Crippen LogP contribution in [0.15, 0.2) is 51.8 Å². The minimum Gasteiger partial charge on any atom is -0.383 e. The molecule has 2 aromatic rings. The van der Waals surface area contributed by atoms with Gasteiger partial charge in [-0.2, -0.15) is 0 Å². The average Bonchev–Trinajstić information content (AvgIpc) is 2.57. The summed E-state index contributed by atoms with van der Waals surface area (Å²) in [4.78, 5) is 12.3. The molecule has 134 valence electrons. The maximum absolute atomic E-state index is 12.6. The van der Waals surface area contributed by atoms with E-state index >= 15 is 0 Å². The molecule has 6 nitrogen and oxygen atoms in total. The SMILES string of the molecule is COCCNC(=O)c1cc(S(=O)(=O)Nc2ccccc2Br)ccc1C. The van der Waals surface area contributed by atoms with E-state index in [-0.39, 0.29) is 10.8 Å². The number of carbonyl (C=O) groups is 1. The van der Waals surface area contributed by atoms with Gasteiger partial charge in [0.1, 0.15) is 0 Å². The number of hydrogen-bond acceptors (Lipinski definition) is 4. The maximum atomic E-state index is 12.6. The topological polar surface area (TPSA) is 84.5 Å². The van der Waals surface area contributed by atoms with Crippen LogP contribution >= 0.6 is 15.9 Å². The Hall–Kier alpha value is -1.90. The van der Waals surface area contributed by atoms with E-state index in [0.717, 1.165) is 0 Å². The van der Waals surface area contributed by atoms with E-state index in [0.29, 0.717) is 34.4 Å². The lowest BCUT2D eigenvalue weighted by molar-refractivity contribution is 0.0936. The standard InChI is InChI=1S/C17H19BrN2O4S/c1-12-7-8-13(11-14(12)17(21)19-9-10-24-2)25(22,23)20-16-6-4-3-5-15(16)18/h3-8,11,20H,9-10H2,1-2H3,(H,19,21). The predicted molar refractivity (Wildman–Crippen MR) is 100 cm³/mol. The molecule has 0 spiro atoms. The van der Waals surface area contributed by atoms with Gasteiger partial charge in [0.15, 0.2) is 0 Å². The Morgan fingerprint density at radius 1 is 1.20 bits per heavy atom. The number of amides is 1. The number of aryl methyl sites for hydroxylation is 1. The van der Waals surface area contributed by atoms with E-state index in [1.807, 2.05) is 0 Å². The van der Waals surface area contributed by atoms with Crippen molar-refractivity contribution in [3.8, 4) is 0 Å². The van der Waals surface area contributed by atoms with Gasteiger partial charge in [-0.15, -0.1) is 0 Å². The average molecular weight is 427 g/mol. The third-order valence-electron chi connectivity index (χ3n) is 3.47. The summed E-state index contributed by atoms with van der Waals surface area (Å²) in [5, 5.41) is 2.69. The summed E-state index contributed by atoms with van der Waals surface area (Å²) in [7, 11) is -2.28. The van der Waals surface area contributed by atoms with E-state index in [1.165, 1.54) is 19.2 Å². The molecular formula is C17H19BrN2O4S. The number of nitrogens with one attached hydrogen (secondary N) is 2. The zero-order chi connectivity index (χ0) is 18.4. The number of methoxy groups -OCH3 is 1. The second-order valence-corrected chi connectivity index (χ2v) is 7.85. The van der Waals surface area contributed by atoms with Gasteiger partial charge in [0.05, 0.1) is 17.2 Å². The predicted octanol–water partition coefficient (Wildman–Crippen LogP) is 2.93. The summed E-state index contributed by atoms with van der Waals surface area (Å²) >= 11 is 3.30. The Labute approximate surface area is 155 Å². The molecule has 0 aliphatic carbocycles. The fourth-order valence-electron chi connectivity index (χ4n) is 2.12. The van der Waals surface area contributed by atoms with Crippen molar-refractivity contribution >= 4 is 37.5 Å². The highest BCUT2D eigenvalue weighted by Gasteiger charge is 2.19. The fourth-order valence-corrected chi connectivity index (χ4v) is 3.74. The third-order valence-corrected chi connectivity index (χ3v) is 5.53. The second kappa shape index (κ2) is 8.46. The number of benzene rings is 2. The monoisotopic (exact) mass is 426 g/mol. The van der Waals surface area contributed by atoms with Crippen LogP contribution in [0.5, 0.6) is 0 Å². The molecule has 2 rings (SSSR count). The van der Waals surface area contributed by atoms with Gasteiger partial charge >= 0.3 is 0 Å². The summed E-state index contributed by atoms with van der Waals surface area (Å²) in [5.74, 6) is -0.340. The van der Waals surface area contributed by atoms with Crippen LogP contribution in [0.25, 0.3) is 0 Å². The highest BCUT2D eigenvalue weighted by Crippen LogP contribution is 2.25. The highest BCUT2D eigenvalue weighted by molar-refractivity contribution is 9.10. The van der Waals surface area contributed by atoms with Gasteiger partial charge in [-0.25, -0.2) is 8.42 Å². The minimum absolute atomic E-state index is 0.0192. The van der Waals surface area contributed by atoms with E-state index in [4.69, 9.17) is 4.74 Å². The zero-order valence-electron chi connectivity index (χ0n) is 13.9. The molecule has 0 saturated heterocycles. The van der Waals surface area contributed by atoms with Gasteiger partial charge in [0.25, 0.3) is 15.9 Å². The van der Waals surface area contributed by atoms with Crippen molar-refractivity contribution in [3.05, 3.63) is 58.1 Å². The van der Waals surface area contributed by atoms with Gasteiger partial charge in [-0.1, -0.05) is 18.2 Å². The Morgan fingerprint density at radius 2 is 1.92 bits per heavy atom. The molecule has 2 N–H and O–H groups in total. The number of halogens is 1. The first kappa shape index (κ1) is 19.4. The van der Waals surface area contributed by atoms with Gasteiger partial charge in [0, 0.05) is 23.7 Å². The number of anilines is 1. The molecule has 0 aliphatic heterocycles. The number of carbonyl (C=O) groups excluding carboxylic acids is 1. The van der Waals surface area contributed by atoms with E-state index in [2.05, 4.69) is 26.0 Å². The molecule has 0 heterocycles. The number of rotatable bonds is 7. The second-order valence-electron chi connectivity index (χ2n) is 5.31. The molecule has 0 radical (unpaired) electrons. The van der Waals surface area contributed by atoms with Crippen LogP contribution in [0.4, 0.5) is 5.69 Å². The molecule has 0 fully saturated rings. The quantitative estimate of drug-likeness (QED) is 0.666. The van der Waals surface area contributed by atoms with Gasteiger partial charge < -0.3 is 10.1 Å². The molecular weight excluding hydrogens is 408 g/mol. The van der Waals surface area contributed by atoms with Crippen molar-refractivity contribution in [3.63, 3.8) is 0 Å².